The predicted octanol–water partition coefficient (Wildman–Crippen LogP) is 3.98. The number of aliphatic hydroxyl groups is 1. The minimum absolute atomic E-state index is 0.00680. The average molecular weight is 447 g/mol. The molecule has 1 aliphatic rings. The van der Waals surface area contributed by atoms with Crippen LogP contribution in [-0.2, 0) is 19.3 Å². The van der Waals surface area contributed by atoms with E-state index in [2.05, 4.69) is 27.7 Å². The van der Waals surface area contributed by atoms with Crippen LogP contribution in [0.15, 0.2) is 36.4 Å². The highest BCUT2D eigenvalue weighted by atomic mass is 16.7. The molecule has 1 saturated heterocycles. The Bertz CT molecular complexity index is 775. The van der Waals surface area contributed by atoms with Crippen LogP contribution in [0.1, 0.15) is 65.4 Å². The highest BCUT2D eigenvalue weighted by Crippen LogP contribution is 2.38. The Labute approximate surface area is 191 Å². The van der Waals surface area contributed by atoms with E-state index < -0.39 is 23.9 Å². The van der Waals surface area contributed by atoms with Crippen LogP contribution in [0.4, 0.5) is 0 Å². The predicted molar refractivity (Wildman–Crippen MR) is 124 cm³/mol. The largest absolute Gasteiger partial charge is 0.388 e. The molecule has 1 fully saturated rings. The molecule has 1 heterocycles. The molecule has 0 aromatic heterocycles. The lowest BCUT2D eigenvalue weighted by Gasteiger charge is -2.50. The van der Waals surface area contributed by atoms with Gasteiger partial charge in [-0.3, -0.25) is 14.4 Å². The molecule has 2 unspecified atom stereocenters. The molecule has 1 aromatic rings. The van der Waals surface area contributed by atoms with Crippen molar-refractivity contribution in [3.63, 3.8) is 0 Å². The van der Waals surface area contributed by atoms with Crippen molar-refractivity contribution in [3.8, 4) is 0 Å². The van der Waals surface area contributed by atoms with Crippen LogP contribution in [0.5, 0.6) is 0 Å². The van der Waals surface area contributed by atoms with Crippen LogP contribution in [0.2, 0.25) is 0 Å². The van der Waals surface area contributed by atoms with E-state index >= 15 is 0 Å². The van der Waals surface area contributed by atoms with Crippen molar-refractivity contribution in [2.75, 3.05) is 14.2 Å². The molecule has 0 spiro atoms. The fraction of sp³-hybridized carbons (Fsp3) is 0.600. The van der Waals surface area contributed by atoms with Gasteiger partial charge in [-0.2, -0.15) is 0 Å². The molecule has 2 rings (SSSR count). The lowest BCUT2D eigenvalue weighted by molar-refractivity contribution is -0.265. The zero-order valence-electron chi connectivity index (χ0n) is 20.2. The number of carbonyl (C=O) groups excluding carboxylic acids is 2. The van der Waals surface area contributed by atoms with Gasteiger partial charge < -0.3 is 9.94 Å². The zero-order valence-corrected chi connectivity index (χ0v) is 20.2. The average Bonchev–Trinajstić information content (AvgIpc) is 2.74. The number of piperidine rings is 1. The van der Waals surface area contributed by atoms with Gasteiger partial charge in [0.1, 0.15) is 0 Å². The van der Waals surface area contributed by atoms with Crippen molar-refractivity contribution >= 4 is 18.0 Å². The first-order valence-electron chi connectivity index (χ1n) is 11.2. The molecule has 1 N–H and O–H groups in total. The molecule has 178 valence electrons. The summed E-state index contributed by atoms with van der Waals surface area (Å²) >= 11 is 0. The molecular formula is C25H38N2O5. The van der Waals surface area contributed by atoms with Crippen molar-refractivity contribution in [3.05, 3.63) is 42.0 Å². The Kier molecular flexibility index (Phi) is 9.01. The van der Waals surface area contributed by atoms with E-state index in [9.17, 15) is 14.7 Å². The number of hydrogen-bond acceptors (Lipinski definition) is 6. The van der Waals surface area contributed by atoms with E-state index in [4.69, 9.17) is 9.68 Å². The number of amides is 1. The summed E-state index contributed by atoms with van der Waals surface area (Å²) in [4.78, 5) is 36.3. The van der Waals surface area contributed by atoms with Crippen molar-refractivity contribution in [2.24, 2.45) is 5.92 Å². The molecule has 7 nitrogen and oxygen atoms in total. The number of rotatable bonds is 9. The maximum atomic E-state index is 12.8. The normalized spacial score (nSPS) is 20.0. The summed E-state index contributed by atoms with van der Waals surface area (Å²) in [5.74, 6) is -1.65. The lowest BCUT2D eigenvalue weighted by atomic mass is 9.82. The summed E-state index contributed by atoms with van der Waals surface area (Å²) in [5, 5.41) is 13.6. The first-order valence-corrected chi connectivity index (χ1v) is 11.2. The van der Waals surface area contributed by atoms with Crippen LogP contribution in [0.25, 0.3) is 6.08 Å². The van der Waals surface area contributed by atoms with Crippen LogP contribution in [0, 0.1) is 5.92 Å². The fourth-order valence-corrected chi connectivity index (χ4v) is 4.32. The number of hydrogen-bond donors (Lipinski definition) is 1. The first-order chi connectivity index (χ1) is 15.0. The van der Waals surface area contributed by atoms with Crippen LogP contribution in [0.3, 0.4) is 0 Å². The van der Waals surface area contributed by atoms with E-state index in [0.29, 0.717) is 0 Å². The van der Waals surface area contributed by atoms with Crippen molar-refractivity contribution in [1.29, 1.82) is 0 Å². The van der Waals surface area contributed by atoms with Crippen LogP contribution in [-0.4, -0.2) is 58.4 Å². The number of benzene rings is 1. The second-order valence-electron chi connectivity index (χ2n) is 9.66. The maximum Gasteiger partial charge on any atom is 0.325 e. The fourth-order valence-electron chi connectivity index (χ4n) is 4.32. The Morgan fingerprint density at radius 2 is 1.75 bits per heavy atom. The molecule has 0 radical (unpaired) electrons. The van der Waals surface area contributed by atoms with Gasteiger partial charge in [0.05, 0.1) is 30.2 Å². The topological polar surface area (TPSA) is 79.3 Å². The minimum atomic E-state index is -1.07. The zero-order chi connectivity index (χ0) is 23.9. The number of hydroxylamine groups is 4. The molecule has 1 aromatic carbocycles. The molecular weight excluding hydrogens is 408 g/mol. The highest BCUT2D eigenvalue weighted by Gasteiger charge is 2.44. The minimum Gasteiger partial charge on any atom is -0.388 e. The van der Waals surface area contributed by atoms with E-state index in [1.54, 1.807) is 17.2 Å². The summed E-state index contributed by atoms with van der Waals surface area (Å²) in [6, 6.07) is 9.51. The molecule has 0 bridgehead atoms. The smallest absolute Gasteiger partial charge is 0.325 e. The second kappa shape index (κ2) is 11.1. The quantitative estimate of drug-likeness (QED) is 0.578. The van der Waals surface area contributed by atoms with Gasteiger partial charge in [-0.1, -0.05) is 42.5 Å². The Morgan fingerprint density at radius 3 is 2.31 bits per heavy atom. The van der Waals surface area contributed by atoms with Crippen molar-refractivity contribution in [2.45, 2.75) is 77.0 Å². The van der Waals surface area contributed by atoms with Crippen LogP contribution >= 0.6 is 0 Å². The third kappa shape index (κ3) is 6.89. The summed E-state index contributed by atoms with van der Waals surface area (Å²) in [5.41, 5.74) is 0.383. The van der Waals surface area contributed by atoms with Gasteiger partial charge in [0.25, 0.3) is 5.91 Å². The van der Waals surface area contributed by atoms with Gasteiger partial charge in [0.15, 0.2) is 0 Å². The third-order valence-electron chi connectivity index (χ3n) is 6.13. The standard InChI is InChI=1S/C25H38N2O5/c1-24(2)17-10-18-25(3,4)27(24)32-22(29)16-14-20(23(30)26(5)31-6)21(28)15-13-19-11-8-7-9-12-19/h7-9,11-13,15,20-21,28H,10,14,16-18H2,1-6H3/b15-13+. The van der Waals surface area contributed by atoms with Gasteiger partial charge in [0.2, 0.25) is 0 Å². The Morgan fingerprint density at radius 1 is 1.16 bits per heavy atom. The SMILES string of the molecule is CON(C)C(=O)C(CCC(=O)ON1C(C)(C)CCCC1(C)C)C(O)/C=C/c1ccccc1. The van der Waals surface area contributed by atoms with E-state index in [0.717, 1.165) is 29.9 Å². The summed E-state index contributed by atoms with van der Waals surface area (Å²) in [6.07, 6.45) is 5.36. The number of carbonyl (C=O) groups is 2. The number of nitrogens with zero attached hydrogens (tertiary/aromatic N) is 2. The monoisotopic (exact) mass is 446 g/mol. The van der Waals surface area contributed by atoms with Gasteiger partial charge in [0, 0.05) is 13.5 Å². The van der Waals surface area contributed by atoms with E-state index in [1.165, 1.54) is 14.2 Å². The molecule has 0 aliphatic carbocycles. The summed E-state index contributed by atoms with van der Waals surface area (Å²) in [7, 11) is 2.87. The molecule has 2 atom stereocenters. The van der Waals surface area contributed by atoms with Gasteiger partial charge >= 0.3 is 5.97 Å². The highest BCUT2D eigenvalue weighted by molar-refractivity contribution is 5.79. The number of aliphatic hydroxyl groups excluding tert-OH is 1. The van der Waals surface area contributed by atoms with Gasteiger partial charge in [-0.25, -0.2) is 5.06 Å². The molecule has 1 amide bonds. The Hall–Kier alpha value is -2.22. The van der Waals surface area contributed by atoms with Gasteiger partial charge in [-0.05, 0) is 58.9 Å². The summed E-state index contributed by atoms with van der Waals surface area (Å²) < 4.78 is 0. The van der Waals surface area contributed by atoms with E-state index in [1.807, 2.05) is 30.3 Å². The lowest BCUT2D eigenvalue weighted by Crippen LogP contribution is -2.58. The second-order valence-corrected chi connectivity index (χ2v) is 9.66. The molecule has 7 heteroatoms. The van der Waals surface area contributed by atoms with E-state index in [-0.39, 0.29) is 23.9 Å². The molecule has 1 aliphatic heterocycles. The maximum absolute atomic E-state index is 12.8. The first kappa shape index (κ1) is 26.0. The molecule has 0 saturated carbocycles. The van der Waals surface area contributed by atoms with Crippen LogP contribution < -0.4 is 0 Å². The van der Waals surface area contributed by atoms with Gasteiger partial charge in [-0.15, -0.1) is 5.06 Å². The third-order valence-corrected chi connectivity index (χ3v) is 6.13. The van der Waals surface area contributed by atoms with Crippen molar-refractivity contribution < 1.29 is 24.4 Å². The summed E-state index contributed by atoms with van der Waals surface area (Å²) in [6.45, 7) is 8.27. The Balaban J connectivity index is 2.08. The molecule has 32 heavy (non-hydrogen) atoms. The van der Waals surface area contributed by atoms with Crippen molar-refractivity contribution in [1.82, 2.24) is 10.1 Å².